The zero-order chi connectivity index (χ0) is 14.0. The Morgan fingerprint density at radius 1 is 1.00 bits per heavy atom. The van der Waals surface area contributed by atoms with Crippen molar-refractivity contribution in [1.29, 1.82) is 0 Å². The summed E-state index contributed by atoms with van der Waals surface area (Å²) in [5.74, 6) is -0.669. The summed E-state index contributed by atoms with van der Waals surface area (Å²) in [5.41, 5.74) is 0. The van der Waals surface area contributed by atoms with E-state index in [4.69, 9.17) is 0 Å². The van der Waals surface area contributed by atoms with Crippen molar-refractivity contribution in [2.24, 2.45) is 23.7 Å². The van der Waals surface area contributed by atoms with Gasteiger partial charge in [-0.05, 0) is 37.5 Å². The molecule has 5 atom stereocenters. The molecule has 0 aromatic heterocycles. The summed E-state index contributed by atoms with van der Waals surface area (Å²) in [5, 5.41) is 12.3. The molecule has 1 amide bonds. The van der Waals surface area contributed by atoms with Crippen molar-refractivity contribution in [2.75, 3.05) is 0 Å². The van der Waals surface area contributed by atoms with E-state index >= 15 is 0 Å². The van der Waals surface area contributed by atoms with E-state index in [-0.39, 0.29) is 17.9 Å². The molecule has 0 aromatic carbocycles. The summed E-state index contributed by atoms with van der Waals surface area (Å²) in [4.78, 5) is 23.5. The lowest BCUT2D eigenvalue weighted by Gasteiger charge is -2.29. The molecule has 4 heteroatoms. The van der Waals surface area contributed by atoms with E-state index < -0.39 is 11.9 Å². The Kier molecular flexibility index (Phi) is 4.48. The van der Waals surface area contributed by atoms with Gasteiger partial charge in [0.25, 0.3) is 0 Å². The van der Waals surface area contributed by atoms with Crippen LogP contribution in [0.4, 0.5) is 0 Å². The SMILES string of the molecule is CC1CCCC(NC(=O)[C@H]2CC(C)C[C@H]2C(=O)O)C1. The normalized spacial score (nSPS) is 38.9. The van der Waals surface area contributed by atoms with Gasteiger partial charge in [-0.1, -0.05) is 26.7 Å². The van der Waals surface area contributed by atoms with Crippen LogP contribution in [0.15, 0.2) is 0 Å². The Labute approximate surface area is 115 Å². The standard InChI is InChI=1S/C15H25NO3/c1-9-4-3-5-11(6-9)16-14(17)12-7-10(2)8-13(12)15(18)19/h9-13H,3-8H2,1-2H3,(H,16,17)(H,18,19)/t9?,10?,11?,12-,13+/m0/s1. The molecule has 19 heavy (non-hydrogen) atoms. The second-order valence-electron chi connectivity index (χ2n) is 6.61. The molecule has 108 valence electrons. The van der Waals surface area contributed by atoms with Gasteiger partial charge in [-0.15, -0.1) is 0 Å². The first-order valence-electron chi connectivity index (χ1n) is 7.50. The second-order valence-corrected chi connectivity index (χ2v) is 6.61. The Bertz CT molecular complexity index is 355. The number of amides is 1. The average Bonchev–Trinajstić information content (AvgIpc) is 2.71. The lowest BCUT2D eigenvalue weighted by Crippen LogP contribution is -2.43. The van der Waals surface area contributed by atoms with Crippen LogP contribution >= 0.6 is 0 Å². The van der Waals surface area contributed by atoms with E-state index in [1.165, 1.54) is 6.42 Å². The van der Waals surface area contributed by atoms with E-state index in [0.717, 1.165) is 19.3 Å². The fourth-order valence-electron chi connectivity index (χ4n) is 3.73. The molecule has 0 spiro atoms. The molecule has 0 radical (unpaired) electrons. The van der Waals surface area contributed by atoms with Crippen LogP contribution in [0.1, 0.15) is 52.4 Å². The fourth-order valence-corrected chi connectivity index (χ4v) is 3.73. The average molecular weight is 267 g/mol. The van der Waals surface area contributed by atoms with Gasteiger partial charge in [0.2, 0.25) is 5.91 Å². The van der Waals surface area contributed by atoms with Crippen molar-refractivity contribution in [3.8, 4) is 0 Å². The topological polar surface area (TPSA) is 66.4 Å². The van der Waals surface area contributed by atoms with Gasteiger partial charge >= 0.3 is 5.97 Å². The first kappa shape index (κ1) is 14.4. The summed E-state index contributed by atoms with van der Waals surface area (Å²) < 4.78 is 0. The first-order chi connectivity index (χ1) is 8.97. The molecule has 2 fully saturated rings. The monoisotopic (exact) mass is 267 g/mol. The lowest BCUT2D eigenvalue weighted by atomic mass is 9.86. The number of rotatable bonds is 3. The Morgan fingerprint density at radius 2 is 1.68 bits per heavy atom. The van der Waals surface area contributed by atoms with Crippen LogP contribution < -0.4 is 5.32 Å². The van der Waals surface area contributed by atoms with Crippen LogP contribution in [0, 0.1) is 23.7 Å². The minimum absolute atomic E-state index is 0.0316. The van der Waals surface area contributed by atoms with Crippen LogP contribution in [-0.2, 0) is 9.59 Å². The molecular formula is C15H25NO3. The summed E-state index contributed by atoms with van der Waals surface area (Å²) in [6.07, 6.45) is 5.82. The molecule has 3 unspecified atom stereocenters. The maximum absolute atomic E-state index is 12.3. The third kappa shape index (κ3) is 3.48. The van der Waals surface area contributed by atoms with Crippen LogP contribution in [0.2, 0.25) is 0 Å². The molecule has 2 aliphatic carbocycles. The number of carbonyl (C=O) groups is 2. The van der Waals surface area contributed by atoms with Crippen molar-refractivity contribution in [2.45, 2.75) is 58.4 Å². The van der Waals surface area contributed by atoms with E-state index in [2.05, 4.69) is 12.2 Å². The molecule has 0 heterocycles. The zero-order valence-electron chi connectivity index (χ0n) is 11.9. The Hall–Kier alpha value is -1.06. The van der Waals surface area contributed by atoms with Crippen LogP contribution in [-0.4, -0.2) is 23.0 Å². The quantitative estimate of drug-likeness (QED) is 0.825. The van der Waals surface area contributed by atoms with Crippen molar-refractivity contribution in [3.63, 3.8) is 0 Å². The van der Waals surface area contributed by atoms with E-state index in [0.29, 0.717) is 24.7 Å². The van der Waals surface area contributed by atoms with Gasteiger partial charge in [0.1, 0.15) is 0 Å². The van der Waals surface area contributed by atoms with Gasteiger partial charge in [-0.2, -0.15) is 0 Å². The number of hydrogen-bond acceptors (Lipinski definition) is 2. The van der Waals surface area contributed by atoms with E-state index in [1.54, 1.807) is 0 Å². The molecule has 0 saturated heterocycles. The van der Waals surface area contributed by atoms with Gasteiger partial charge in [-0.25, -0.2) is 0 Å². The predicted molar refractivity (Wildman–Crippen MR) is 72.6 cm³/mol. The molecule has 0 bridgehead atoms. The maximum Gasteiger partial charge on any atom is 0.307 e. The first-order valence-corrected chi connectivity index (χ1v) is 7.50. The van der Waals surface area contributed by atoms with Crippen molar-refractivity contribution in [1.82, 2.24) is 5.32 Å². The molecule has 0 aromatic rings. The van der Waals surface area contributed by atoms with Gasteiger partial charge < -0.3 is 10.4 Å². The molecule has 4 nitrogen and oxygen atoms in total. The van der Waals surface area contributed by atoms with Gasteiger partial charge in [0.05, 0.1) is 11.8 Å². The highest BCUT2D eigenvalue weighted by Crippen LogP contribution is 2.37. The van der Waals surface area contributed by atoms with Crippen molar-refractivity contribution in [3.05, 3.63) is 0 Å². The number of nitrogens with one attached hydrogen (secondary N) is 1. The van der Waals surface area contributed by atoms with Crippen LogP contribution in [0.3, 0.4) is 0 Å². The maximum atomic E-state index is 12.3. The Balaban J connectivity index is 1.93. The second kappa shape index (κ2) is 5.93. The number of aliphatic carboxylic acids is 1. The summed E-state index contributed by atoms with van der Waals surface area (Å²) in [7, 11) is 0. The Morgan fingerprint density at radius 3 is 2.32 bits per heavy atom. The summed E-state index contributed by atoms with van der Waals surface area (Å²) >= 11 is 0. The molecule has 0 aliphatic heterocycles. The molecule has 2 N–H and O–H groups in total. The number of carbonyl (C=O) groups excluding carboxylic acids is 1. The van der Waals surface area contributed by atoms with Crippen molar-refractivity contribution < 1.29 is 14.7 Å². The summed E-state index contributed by atoms with van der Waals surface area (Å²) in [6.45, 7) is 4.25. The van der Waals surface area contributed by atoms with Gasteiger partial charge in [-0.3, -0.25) is 9.59 Å². The lowest BCUT2D eigenvalue weighted by molar-refractivity contribution is -0.146. The largest absolute Gasteiger partial charge is 0.481 e. The van der Waals surface area contributed by atoms with E-state index in [9.17, 15) is 14.7 Å². The zero-order valence-corrected chi connectivity index (χ0v) is 11.9. The highest BCUT2D eigenvalue weighted by atomic mass is 16.4. The highest BCUT2D eigenvalue weighted by molar-refractivity contribution is 5.85. The van der Waals surface area contributed by atoms with Gasteiger partial charge in [0, 0.05) is 6.04 Å². The number of carboxylic acid groups (broad SMARTS) is 1. The minimum Gasteiger partial charge on any atom is -0.481 e. The predicted octanol–water partition coefficient (Wildman–Crippen LogP) is 2.43. The molecule has 2 rings (SSSR count). The van der Waals surface area contributed by atoms with E-state index in [1.807, 2.05) is 6.92 Å². The number of hydrogen-bond donors (Lipinski definition) is 2. The number of carboxylic acids is 1. The molecular weight excluding hydrogens is 242 g/mol. The van der Waals surface area contributed by atoms with Crippen LogP contribution in [0.5, 0.6) is 0 Å². The van der Waals surface area contributed by atoms with Crippen molar-refractivity contribution >= 4 is 11.9 Å². The minimum atomic E-state index is -0.818. The molecule has 2 saturated carbocycles. The summed E-state index contributed by atoms with van der Waals surface area (Å²) in [6, 6.07) is 0.251. The fraction of sp³-hybridized carbons (Fsp3) is 0.867. The third-order valence-corrected chi connectivity index (χ3v) is 4.74. The van der Waals surface area contributed by atoms with Crippen LogP contribution in [0.25, 0.3) is 0 Å². The van der Waals surface area contributed by atoms with Gasteiger partial charge in [0.15, 0.2) is 0 Å². The highest BCUT2D eigenvalue weighted by Gasteiger charge is 2.41. The third-order valence-electron chi connectivity index (χ3n) is 4.74. The molecule has 2 aliphatic rings. The smallest absolute Gasteiger partial charge is 0.307 e.